The molecule has 0 spiro atoms. The number of hydrogen-bond acceptors (Lipinski definition) is 2. The van der Waals surface area contributed by atoms with Gasteiger partial charge in [0.1, 0.15) is 0 Å². The number of hydrogen-bond donors (Lipinski definition) is 1. The Hall–Kier alpha value is -0.0800. The van der Waals surface area contributed by atoms with Gasteiger partial charge in [0, 0.05) is 13.2 Å². The van der Waals surface area contributed by atoms with Crippen LogP contribution in [0.25, 0.3) is 0 Å². The molecule has 0 aliphatic heterocycles. The predicted octanol–water partition coefficient (Wildman–Crippen LogP) is 3.61. The second-order valence-electron chi connectivity index (χ2n) is 5.96. The highest BCUT2D eigenvalue weighted by Gasteiger charge is 2.29. The summed E-state index contributed by atoms with van der Waals surface area (Å²) in [6.45, 7) is 4.60. The van der Waals surface area contributed by atoms with Crippen LogP contribution in [0.3, 0.4) is 0 Å². The summed E-state index contributed by atoms with van der Waals surface area (Å²) >= 11 is 0. The average molecular weight is 241 g/mol. The Kier molecular flexibility index (Phi) is 7.14. The van der Waals surface area contributed by atoms with E-state index in [-0.39, 0.29) is 0 Å². The zero-order valence-corrected chi connectivity index (χ0v) is 12.2. The van der Waals surface area contributed by atoms with Gasteiger partial charge < -0.3 is 10.1 Å². The van der Waals surface area contributed by atoms with Gasteiger partial charge in [0.05, 0.1) is 6.10 Å². The van der Waals surface area contributed by atoms with Crippen molar-refractivity contribution < 1.29 is 4.74 Å². The summed E-state index contributed by atoms with van der Waals surface area (Å²) in [5.74, 6) is 1.56. The zero-order chi connectivity index (χ0) is 12.7. The summed E-state index contributed by atoms with van der Waals surface area (Å²) in [5, 5.41) is 3.48. The number of likely N-dealkylation sites (N-methyl/N-ethyl adjacent to an activating group) is 1. The summed E-state index contributed by atoms with van der Waals surface area (Å²) in [6, 6.07) is 0.533. The molecule has 17 heavy (non-hydrogen) atoms. The SMILES string of the molecule is CNC(CCC(C)C)C(OC)C1CCCCC1. The van der Waals surface area contributed by atoms with Gasteiger partial charge in [-0.05, 0) is 44.6 Å². The van der Waals surface area contributed by atoms with Crippen LogP contribution in [-0.4, -0.2) is 26.3 Å². The molecule has 0 aromatic carbocycles. The zero-order valence-electron chi connectivity index (χ0n) is 12.2. The monoisotopic (exact) mass is 241 g/mol. The van der Waals surface area contributed by atoms with Crippen molar-refractivity contribution >= 4 is 0 Å². The summed E-state index contributed by atoms with van der Waals surface area (Å²) in [7, 11) is 3.97. The summed E-state index contributed by atoms with van der Waals surface area (Å²) in [5.41, 5.74) is 0. The van der Waals surface area contributed by atoms with Crippen LogP contribution in [0.15, 0.2) is 0 Å². The van der Waals surface area contributed by atoms with Gasteiger partial charge in [-0.15, -0.1) is 0 Å². The van der Waals surface area contributed by atoms with Gasteiger partial charge in [-0.3, -0.25) is 0 Å². The molecule has 1 saturated carbocycles. The molecule has 2 atom stereocenters. The topological polar surface area (TPSA) is 21.3 Å². The molecule has 2 heteroatoms. The molecule has 0 radical (unpaired) electrons. The summed E-state index contributed by atoms with van der Waals surface area (Å²) in [4.78, 5) is 0. The minimum absolute atomic E-state index is 0.416. The van der Waals surface area contributed by atoms with Crippen LogP contribution in [0.4, 0.5) is 0 Å². The lowest BCUT2D eigenvalue weighted by atomic mass is 9.81. The van der Waals surface area contributed by atoms with E-state index in [9.17, 15) is 0 Å². The molecule has 102 valence electrons. The van der Waals surface area contributed by atoms with E-state index in [1.165, 1.54) is 44.9 Å². The Labute approximate surface area is 108 Å². The lowest BCUT2D eigenvalue weighted by Gasteiger charge is -2.35. The molecule has 1 rings (SSSR count). The molecule has 1 aliphatic carbocycles. The minimum Gasteiger partial charge on any atom is -0.380 e. The van der Waals surface area contributed by atoms with Crippen molar-refractivity contribution in [1.29, 1.82) is 0 Å². The predicted molar refractivity (Wildman–Crippen MR) is 74.3 cm³/mol. The van der Waals surface area contributed by atoms with Crippen LogP contribution in [0, 0.1) is 11.8 Å². The first kappa shape index (κ1) is 15.0. The van der Waals surface area contributed by atoms with Crippen molar-refractivity contribution in [3.05, 3.63) is 0 Å². The molecule has 0 aromatic heterocycles. The molecule has 1 fully saturated rings. The lowest BCUT2D eigenvalue weighted by molar-refractivity contribution is 0.00681. The number of methoxy groups -OCH3 is 1. The van der Waals surface area contributed by atoms with Crippen LogP contribution < -0.4 is 5.32 Å². The number of rotatable bonds is 7. The van der Waals surface area contributed by atoms with Crippen molar-refractivity contribution in [2.75, 3.05) is 14.2 Å². The Morgan fingerprint density at radius 1 is 1.12 bits per heavy atom. The third-order valence-corrected chi connectivity index (χ3v) is 4.21. The summed E-state index contributed by atoms with van der Waals surface area (Å²) < 4.78 is 5.81. The summed E-state index contributed by atoms with van der Waals surface area (Å²) in [6.07, 6.45) is 9.87. The van der Waals surface area contributed by atoms with E-state index in [0.717, 1.165) is 11.8 Å². The molecule has 0 aromatic rings. The van der Waals surface area contributed by atoms with Crippen LogP contribution in [-0.2, 0) is 4.74 Å². The molecule has 1 aliphatic rings. The van der Waals surface area contributed by atoms with Crippen molar-refractivity contribution in [2.45, 2.75) is 70.9 Å². The number of ether oxygens (including phenoxy) is 1. The molecule has 1 N–H and O–H groups in total. The van der Waals surface area contributed by atoms with Gasteiger partial charge in [-0.1, -0.05) is 33.1 Å². The molecule has 0 heterocycles. The second-order valence-corrected chi connectivity index (χ2v) is 5.96. The maximum Gasteiger partial charge on any atom is 0.0752 e. The molecule has 2 nitrogen and oxygen atoms in total. The van der Waals surface area contributed by atoms with Crippen LogP contribution >= 0.6 is 0 Å². The fourth-order valence-electron chi connectivity index (χ4n) is 3.13. The smallest absolute Gasteiger partial charge is 0.0752 e. The van der Waals surface area contributed by atoms with Gasteiger partial charge in [0.2, 0.25) is 0 Å². The standard InChI is InChI=1S/C15H31NO/c1-12(2)10-11-14(16-3)15(17-4)13-8-6-5-7-9-13/h12-16H,5-11H2,1-4H3. The third-order valence-electron chi connectivity index (χ3n) is 4.21. The Morgan fingerprint density at radius 3 is 2.24 bits per heavy atom. The van der Waals surface area contributed by atoms with Gasteiger partial charge >= 0.3 is 0 Å². The van der Waals surface area contributed by atoms with Crippen LogP contribution in [0.2, 0.25) is 0 Å². The fraction of sp³-hybridized carbons (Fsp3) is 1.00. The maximum atomic E-state index is 5.81. The van der Waals surface area contributed by atoms with Crippen LogP contribution in [0.5, 0.6) is 0 Å². The van der Waals surface area contributed by atoms with E-state index in [1.54, 1.807) is 0 Å². The minimum atomic E-state index is 0.416. The Balaban J connectivity index is 2.48. The first-order valence-electron chi connectivity index (χ1n) is 7.39. The van der Waals surface area contributed by atoms with Crippen molar-refractivity contribution in [3.8, 4) is 0 Å². The van der Waals surface area contributed by atoms with Crippen molar-refractivity contribution in [2.24, 2.45) is 11.8 Å². The molecule has 0 amide bonds. The molecular weight excluding hydrogens is 210 g/mol. The van der Waals surface area contributed by atoms with Crippen molar-refractivity contribution in [1.82, 2.24) is 5.32 Å². The highest BCUT2D eigenvalue weighted by molar-refractivity contribution is 4.84. The Morgan fingerprint density at radius 2 is 1.76 bits per heavy atom. The van der Waals surface area contributed by atoms with E-state index in [0.29, 0.717) is 12.1 Å². The van der Waals surface area contributed by atoms with E-state index >= 15 is 0 Å². The van der Waals surface area contributed by atoms with E-state index in [4.69, 9.17) is 4.74 Å². The average Bonchev–Trinajstić information content (AvgIpc) is 2.35. The Bertz CT molecular complexity index is 187. The molecule has 0 saturated heterocycles. The fourth-order valence-corrected chi connectivity index (χ4v) is 3.13. The van der Waals surface area contributed by atoms with Gasteiger partial charge in [0.25, 0.3) is 0 Å². The number of nitrogens with one attached hydrogen (secondary N) is 1. The van der Waals surface area contributed by atoms with Gasteiger partial charge in [-0.25, -0.2) is 0 Å². The normalized spacial score (nSPS) is 21.7. The lowest BCUT2D eigenvalue weighted by Crippen LogP contribution is -2.44. The van der Waals surface area contributed by atoms with Crippen LogP contribution in [0.1, 0.15) is 58.8 Å². The largest absolute Gasteiger partial charge is 0.380 e. The van der Waals surface area contributed by atoms with E-state index in [1.807, 2.05) is 7.11 Å². The van der Waals surface area contributed by atoms with E-state index in [2.05, 4.69) is 26.2 Å². The van der Waals surface area contributed by atoms with Crippen molar-refractivity contribution in [3.63, 3.8) is 0 Å². The molecule has 0 bridgehead atoms. The highest BCUT2D eigenvalue weighted by Crippen LogP contribution is 2.30. The first-order chi connectivity index (χ1) is 8.19. The first-order valence-corrected chi connectivity index (χ1v) is 7.39. The third kappa shape index (κ3) is 4.97. The van der Waals surface area contributed by atoms with Gasteiger partial charge in [-0.2, -0.15) is 0 Å². The van der Waals surface area contributed by atoms with E-state index < -0.39 is 0 Å². The second kappa shape index (κ2) is 8.10. The van der Waals surface area contributed by atoms with Gasteiger partial charge in [0.15, 0.2) is 0 Å². The molecular formula is C15H31NO. The molecule has 2 unspecified atom stereocenters. The maximum absolute atomic E-state index is 5.81. The highest BCUT2D eigenvalue weighted by atomic mass is 16.5. The quantitative estimate of drug-likeness (QED) is 0.735.